The molecule has 1 fully saturated rings. The number of hydrogen-bond donors (Lipinski definition) is 2. The number of hydrogen-bond acceptors (Lipinski definition) is 5. The third-order valence-corrected chi connectivity index (χ3v) is 2.19. The number of nitrogens with zero attached hydrogens (tertiary/aromatic N) is 2. The van der Waals surface area contributed by atoms with Gasteiger partial charge in [-0.2, -0.15) is 0 Å². The van der Waals surface area contributed by atoms with Crippen molar-refractivity contribution < 1.29 is 19.5 Å². The van der Waals surface area contributed by atoms with Crippen molar-refractivity contribution in [1.29, 1.82) is 0 Å². The molecule has 0 aliphatic carbocycles. The maximum atomic E-state index is 11.6. The molecule has 76 valence electrons. The molecule has 14 heavy (non-hydrogen) atoms. The highest BCUT2D eigenvalue weighted by atomic mass is 16.5. The molecule has 2 heterocycles. The monoisotopic (exact) mass is 198 g/mol. The van der Waals surface area contributed by atoms with Crippen LogP contribution >= 0.6 is 0 Å². The molecule has 1 aliphatic rings. The van der Waals surface area contributed by atoms with E-state index < -0.39 is 12.2 Å². The van der Waals surface area contributed by atoms with Gasteiger partial charge in [0, 0.05) is 19.2 Å². The van der Waals surface area contributed by atoms with Crippen LogP contribution in [0.4, 0.5) is 0 Å². The number of aromatic nitrogens is 1. The van der Waals surface area contributed by atoms with E-state index in [9.17, 15) is 15.0 Å². The zero-order chi connectivity index (χ0) is 10.1. The molecule has 0 unspecified atom stereocenters. The summed E-state index contributed by atoms with van der Waals surface area (Å²) in [5, 5.41) is 21.9. The summed E-state index contributed by atoms with van der Waals surface area (Å²) in [6, 6.07) is 1.44. The van der Waals surface area contributed by atoms with Gasteiger partial charge >= 0.3 is 0 Å². The van der Waals surface area contributed by atoms with Crippen LogP contribution in [0.15, 0.2) is 16.8 Å². The molecule has 1 aliphatic heterocycles. The first-order valence-corrected chi connectivity index (χ1v) is 4.24. The summed E-state index contributed by atoms with van der Waals surface area (Å²) in [4.78, 5) is 12.9. The largest absolute Gasteiger partial charge is 0.388 e. The van der Waals surface area contributed by atoms with Crippen LogP contribution < -0.4 is 0 Å². The average Bonchev–Trinajstić information content (AvgIpc) is 2.76. The number of carbonyl (C=O) groups is 1. The maximum Gasteiger partial charge on any atom is 0.292 e. The Morgan fingerprint density at radius 3 is 2.64 bits per heavy atom. The Morgan fingerprint density at radius 2 is 2.14 bits per heavy atom. The molecule has 1 saturated heterocycles. The van der Waals surface area contributed by atoms with Gasteiger partial charge in [-0.15, -0.1) is 0 Å². The smallest absolute Gasteiger partial charge is 0.292 e. The fourth-order valence-electron chi connectivity index (χ4n) is 1.42. The van der Waals surface area contributed by atoms with Crippen LogP contribution in [0.1, 0.15) is 10.6 Å². The fraction of sp³-hybridized carbons (Fsp3) is 0.500. The van der Waals surface area contributed by atoms with Crippen molar-refractivity contribution in [1.82, 2.24) is 10.1 Å². The van der Waals surface area contributed by atoms with Crippen molar-refractivity contribution in [3.05, 3.63) is 18.0 Å². The van der Waals surface area contributed by atoms with Crippen LogP contribution in [0, 0.1) is 0 Å². The number of aliphatic hydroxyl groups is 2. The van der Waals surface area contributed by atoms with E-state index >= 15 is 0 Å². The second-order valence-electron chi connectivity index (χ2n) is 3.22. The minimum absolute atomic E-state index is 0.117. The zero-order valence-electron chi connectivity index (χ0n) is 7.33. The minimum atomic E-state index is -0.873. The number of aliphatic hydroxyl groups excluding tert-OH is 2. The van der Waals surface area contributed by atoms with Crippen LogP contribution in [-0.2, 0) is 0 Å². The van der Waals surface area contributed by atoms with Crippen LogP contribution in [0.3, 0.4) is 0 Å². The Hall–Kier alpha value is -1.40. The molecule has 0 radical (unpaired) electrons. The first kappa shape index (κ1) is 9.17. The van der Waals surface area contributed by atoms with Gasteiger partial charge in [0.1, 0.15) is 0 Å². The van der Waals surface area contributed by atoms with Gasteiger partial charge in [-0.25, -0.2) is 0 Å². The zero-order valence-corrected chi connectivity index (χ0v) is 7.33. The molecule has 1 amide bonds. The first-order chi connectivity index (χ1) is 6.68. The minimum Gasteiger partial charge on any atom is -0.388 e. The second-order valence-corrected chi connectivity index (χ2v) is 3.22. The number of rotatable bonds is 1. The van der Waals surface area contributed by atoms with E-state index in [4.69, 9.17) is 0 Å². The molecule has 1 aromatic heterocycles. The summed E-state index contributed by atoms with van der Waals surface area (Å²) in [6.07, 6.45) is -0.375. The lowest BCUT2D eigenvalue weighted by Crippen LogP contribution is -2.29. The predicted octanol–water partition coefficient (Wildman–Crippen LogP) is -1.15. The highest BCUT2D eigenvalue weighted by Crippen LogP contribution is 2.13. The fourth-order valence-corrected chi connectivity index (χ4v) is 1.42. The Labute approximate surface area is 79.7 Å². The summed E-state index contributed by atoms with van der Waals surface area (Å²) in [5.74, 6) is -0.246. The van der Waals surface area contributed by atoms with E-state index in [2.05, 4.69) is 9.68 Å². The molecule has 1 aromatic rings. The molecular formula is C8H10N2O4. The van der Waals surface area contributed by atoms with Gasteiger partial charge in [0.2, 0.25) is 5.76 Å². The lowest BCUT2D eigenvalue weighted by Gasteiger charge is -2.12. The maximum absolute atomic E-state index is 11.6. The van der Waals surface area contributed by atoms with Crippen molar-refractivity contribution >= 4 is 5.91 Å². The van der Waals surface area contributed by atoms with Gasteiger partial charge in [0.25, 0.3) is 5.91 Å². The highest BCUT2D eigenvalue weighted by molar-refractivity contribution is 5.91. The summed E-state index contributed by atoms with van der Waals surface area (Å²) in [7, 11) is 0. The predicted molar refractivity (Wildman–Crippen MR) is 44.4 cm³/mol. The van der Waals surface area contributed by atoms with Gasteiger partial charge in [0.05, 0.1) is 18.4 Å². The molecule has 2 atom stereocenters. The van der Waals surface area contributed by atoms with Crippen molar-refractivity contribution in [3.63, 3.8) is 0 Å². The molecular weight excluding hydrogens is 188 g/mol. The topological polar surface area (TPSA) is 86.8 Å². The third kappa shape index (κ3) is 1.49. The summed E-state index contributed by atoms with van der Waals surface area (Å²) < 4.78 is 4.67. The SMILES string of the molecule is O=C(c1ccno1)N1C[C@@H](O)[C@@H](O)C1. The molecule has 6 nitrogen and oxygen atoms in total. The van der Waals surface area contributed by atoms with Crippen molar-refractivity contribution in [2.24, 2.45) is 0 Å². The van der Waals surface area contributed by atoms with Crippen molar-refractivity contribution in [2.75, 3.05) is 13.1 Å². The van der Waals surface area contributed by atoms with Gasteiger partial charge in [-0.3, -0.25) is 4.79 Å². The summed E-state index contributed by atoms with van der Waals surface area (Å²) >= 11 is 0. The van der Waals surface area contributed by atoms with E-state index in [1.54, 1.807) is 0 Å². The molecule has 0 saturated carbocycles. The average molecular weight is 198 g/mol. The normalized spacial score (nSPS) is 26.9. The Balaban J connectivity index is 2.07. The van der Waals surface area contributed by atoms with Crippen LogP contribution in [0.25, 0.3) is 0 Å². The Bertz CT molecular complexity index is 314. The lowest BCUT2D eigenvalue weighted by molar-refractivity contribution is 0.0572. The molecule has 2 N–H and O–H groups in total. The van der Waals surface area contributed by atoms with Gasteiger partial charge in [-0.05, 0) is 0 Å². The number of amides is 1. The van der Waals surface area contributed by atoms with E-state index in [-0.39, 0.29) is 24.8 Å². The van der Waals surface area contributed by atoms with E-state index in [1.807, 2.05) is 0 Å². The van der Waals surface area contributed by atoms with Crippen LogP contribution in [0.2, 0.25) is 0 Å². The molecule has 0 spiro atoms. The number of carbonyl (C=O) groups excluding carboxylic acids is 1. The van der Waals surface area contributed by atoms with Gasteiger partial charge in [0.15, 0.2) is 0 Å². The lowest BCUT2D eigenvalue weighted by atomic mass is 10.3. The summed E-state index contributed by atoms with van der Waals surface area (Å²) in [6.45, 7) is 0.251. The molecule has 0 bridgehead atoms. The molecule has 2 rings (SSSR count). The van der Waals surface area contributed by atoms with Crippen LogP contribution in [-0.4, -0.2) is 51.5 Å². The van der Waals surface area contributed by atoms with Crippen molar-refractivity contribution in [3.8, 4) is 0 Å². The first-order valence-electron chi connectivity index (χ1n) is 4.24. The molecule has 0 aromatic carbocycles. The van der Waals surface area contributed by atoms with Gasteiger partial charge in [-0.1, -0.05) is 5.16 Å². The Morgan fingerprint density at radius 1 is 1.50 bits per heavy atom. The third-order valence-electron chi connectivity index (χ3n) is 2.19. The van der Waals surface area contributed by atoms with Crippen LogP contribution in [0.5, 0.6) is 0 Å². The number of likely N-dealkylation sites (tertiary alicyclic amines) is 1. The quantitative estimate of drug-likeness (QED) is 0.595. The highest BCUT2D eigenvalue weighted by Gasteiger charge is 2.33. The van der Waals surface area contributed by atoms with E-state index in [0.29, 0.717) is 0 Å². The second kappa shape index (κ2) is 3.39. The van der Waals surface area contributed by atoms with E-state index in [1.165, 1.54) is 17.2 Å². The van der Waals surface area contributed by atoms with Gasteiger partial charge < -0.3 is 19.6 Å². The Kier molecular flexibility index (Phi) is 2.22. The summed E-state index contributed by atoms with van der Waals surface area (Å²) in [5.41, 5.74) is 0. The molecule has 6 heteroatoms. The van der Waals surface area contributed by atoms with E-state index in [0.717, 1.165) is 0 Å². The number of β-amino-alcohol motifs (C(OH)–C–C–N with tert-alkyl or cyclic N) is 2. The van der Waals surface area contributed by atoms with Crippen molar-refractivity contribution in [2.45, 2.75) is 12.2 Å². The standard InChI is InChI=1S/C8H10N2O4/c11-5-3-10(4-6(5)12)8(13)7-1-2-9-14-7/h1-2,5-6,11-12H,3-4H2/t5-,6+.